The summed E-state index contributed by atoms with van der Waals surface area (Å²) in [5.41, 5.74) is 2.53. The Morgan fingerprint density at radius 1 is 0.477 bits per heavy atom. The van der Waals surface area contributed by atoms with Crippen molar-refractivity contribution in [2.45, 2.75) is 194 Å². The van der Waals surface area contributed by atoms with Crippen LogP contribution in [0.1, 0.15) is 171 Å². The van der Waals surface area contributed by atoms with Crippen LogP contribution in [-0.2, 0) is 0 Å². The molecule has 4 nitrogen and oxygen atoms in total. The Hall–Kier alpha value is -1.46. The predicted octanol–water partition coefficient (Wildman–Crippen LogP) is 10.6. The Balaban J connectivity index is 4.26. The Kier molecular flexibility index (Phi) is 20.6. The molecule has 0 radical (unpaired) electrons. The first-order valence-electron chi connectivity index (χ1n) is 17.4. The molecule has 0 aromatic rings. The molecule has 0 spiro atoms. The van der Waals surface area contributed by atoms with Crippen molar-refractivity contribution in [3.63, 3.8) is 0 Å². The van der Waals surface area contributed by atoms with E-state index in [0.29, 0.717) is 32.1 Å². The Bertz CT molecular complexity index is 923. The van der Waals surface area contributed by atoms with Crippen LogP contribution in [0.25, 0.3) is 0 Å². The lowest BCUT2D eigenvalue weighted by Crippen LogP contribution is -2.29. The highest BCUT2D eigenvalue weighted by Gasteiger charge is 2.26. The van der Waals surface area contributed by atoms with Gasteiger partial charge in [-0.1, -0.05) is 52.7 Å². The number of hydrogen-bond donors (Lipinski definition) is 4. The fraction of sp³-hybridized carbons (Fsp3) is 0.750. The molecular formula is C40H72O4. The largest absolute Gasteiger partial charge is 0.390 e. The van der Waals surface area contributed by atoms with Crippen LogP contribution in [0.2, 0.25) is 0 Å². The lowest BCUT2D eigenvalue weighted by Gasteiger charge is -2.29. The minimum Gasteiger partial charge on any atom is -0.390 e. The van der Waals surface area contributed by atoms with Crippen molar-refractivity contribution in [1.29, 1.82) is 0 Å². The van der Waals surface area contributed by atoms with Gasteiger partial charge in [-0.25, -0.2) is 0 Å². The van der Waals surface area contributed by atoms with Crippen LogP contribution < -0.4 is 0 Å². The van der Waals surface area contributed by atoms with E-state index in [1.165, 1.54) is 22.3 Å². The highest BCUT2D eigenvalue weighted by atomic mass is 16.3. The predicted molar refractivity (Wildman–Crippen MR) is 192 cm³/mol. The van der Waals surface area contributed by atoms with Gasteiger partial charge in [-0.15, -0.1) is 6.58 Å². The molecule has 0 saturated carbocycles. The second kappa shape index (κ2) is 21.4. The molecule has 0 heterocycles. The summed E-state index contributed by atoms with van der Waals surface area (Å²) < 4.78 is 0. The lowest BCUT2D eigenvalue weighted by molar-refractivity contribution is 0.00200. The SMILES string of the molecule is C=CC(C)(O)CC/C=C(\C)CC/C=C(\C)CC/C=C(\C)CCCC(C)(O)CCCC(C)(O)CCCC(C)(O)CCC=C(C)C. The van der Waals surface area contributed by atoms with E-state index in [0.717, 1.165) is 77.0 Å². The molecule has 4 N–H and O–H groups in total. The molecule has 0 aliphatic carbocycles. The van der Waals surface area contributed by atoms with Crippen molar-refractivity contribution in [2.24, 2.45) is 0 Å². The van der Waals surface area contributed by atoms with Gasteiger partial charge < -0.3 is 20.4 Å². The van der Waals surface area contributed by atoms with E-state index in [2.05, 4.69) is 65.5 Å². The third-order valence-corrected chi connectivity index (χ3v) is 9.03. The Labute approximate surface area is 273 Å². The standard InChI is InChI=1S/C40H72O4/c1-11-37(7,41)26-15-24-35(5)22-12-20-34(4)21-13-23-36(6)25-16-28-39(9,43)30-18-32-40(10,44)31-17-29-38(8,42)27-14-19-33(2)3/h11,19-20,23-24,41-44H,1,12-18,21-22,25-32H2,2-10H3/b34-20+,35-24+,36-23+. The smallest absolute Gasteiger partial charge is 0.0800 e. The highest BCUT2D eigenvalue weighted by Crippen LogP contribution is 2.29. The summed E-state index contributed by atoms with van der Waals surface area (Å²) in [4.78, 5) is 0. The van der Waals surface area contributed by atoms with Crippen molar-refractivity contribution in [3.8, 4) is 0 Å². The molecule has 0 bridgehead atoms. The summed E-state index contributed by atoms with van der Waals surface area (Å²) in [7, 11) is 0. The minimum absolute atomic E-state index is 0.670. The third kappa shape index (κ3) is 24.8. The molecule has 256 valence electrons. The monoisotopic (exact) mass is 617 g/mol. The van der Waals surface area contributed by atoms with Crippen LogP contribution in [0.3, 0.4) is 0 Å². The van der Waals surface area contributed by atoms with Gasteiger partial charge in [0.25, 0.3) is 0 Å². The van der Waals surface area contributed by atoms with E-state index >= 15 is 0 Å². The van der Waals surface area contributed by atoms with Crippen LogP contribution >= 0.6 is 0 Å². The van der Waals surface area contributed by atoms with Crippen LogP contribution in [-0.4, -0.2) is 42.8 Å². The molecule has 0 amide bonds. The van der Waals surface area contributed by atoms with Gasteiger partial charge in [0.05, 0.1) is 22.4 Å². The van der Waals surface area contributed by atoms with Crippen LogP contribution in [0.4, 0.5) is 0 Å². The van der Waals surface area contributed by atoms with Crippen molar-refractivity contribution in [3.05, 3.63) is 59.3 Å². The molecule has 4 atom stereocenters. The zero-order valence-corrected chi connectivity index (χ0v) is 30.4. The van der Waals surface area contributed by atoms with E-state index in [4.69, 9.17) is 0 Å². The van der Waals surface area contributed by atoms with Gasteiger partial charge in [0, 0.05) is 0 Å². The van der Waals surface area contributed by atoms with E-state index in [1.807, 2.05) is 20.8 Å². The summed E-state index contributed by atoms with van der Waals surface area (Å²) in [5.74, 6) is 0. The Morgan fingerprint density at radius 2 is 0.841 bits per heavy atom. The molecule has 0 aliphatic heterocycles. The van der Waals surface area contributed by atoms with E-state index in [-0.39, 0.29) is 0 Å². The topological polar surface area (TPSA) is 80.9 Å². The van der Waals surface area contributed by atoms with Gasteiger partial charge in [0.15, 0.2) is 0 Å². The van der Waals surface area contributed by atoms with Crippen LogP contribution in [0.15, 0.2) is 59.3 Å². The van der Waals surface area contributed by atoms with Crippen LogP contribution in [0, 0.1) is 0 Å². The van der Waals surface area contributed by atoms with Crippen molar-refractivity contribution in [1.82, 2.24) is 0 Å². The second-order valence-corrected chi connectivity index (χ2v) is 15.2. The van der Waals surface area contributed by atoms with Gasteiger partial charge in [0.2, 0.25) is 0 Å². The molecule has 0 aromatic carbocycles. The zero-order valence-electron chi connectivity index (χ0n) is 30.4. The van der Waals surface area contributed by atoms with Gasteiger partial charge in [-0.05, 0) is 171 Å². The number of aliphatic hydroxyl groups is 4. The number of allylic oxidation sites excluding steroid dienone is 8. The van der Waals surface area contributed by atoms with Crippen LogP contribution in [0.5, 0.6) is 0 Å². The molecule has 0 aliphatic rings. The number of hydrogen-bond acceptors (Lipinski definition) is 4. The first-order valence-corrected chi connectivity index (χ1v) is 17.4. The normalized spacial score (nSPS) is 18.6. The molecule has 44 heavy (non-hydrogen) atoms. The quantitative estimate of drug-likeness (QED) is 0.0769. The minimum atomic E-state index is -0.781. The highest BCUT2D eigenvalue weighted by molar-refractivity contribution is 5.07. The molecule has 0 rings (SSSR count). The average Bonchev–Trinajstić information content (AvgIpc) is 2.87. The zero-order chi connectivity index (χ0) is 33.9. The molecule has 0 fully saturated rings. The maximum Gasteiger partial charge on any atom is 0.0800 e. The van der Waals surface area contributed by atoms with Gasteiger partial charge in [-0.2, -0.15) is 0 Å². The van der Waals surface area contributed by atoms with Crippen molar-refractivity contribution in [2.75, 3.05) is 0 Å². The van der Waals surface area contributed by atoms with Gasteiger partial charge in [-0.3, -0.25) is 0 Å². The second-order valence-electron chi connectivity index (χ2n) is 15.2. The average molecular weight is 617 g/mol. The summed E-state index contributed by atoms with van der Waals surface area (Å²) in [5, 5.41) is 42.5. The van der Waals surface area contributed by atoms with Crippen molar-refractivity contribution >= 4 is 0 Å². The Morgan fingerprint density at radius 3 is 1.27 bits per heavy atom. The fourth-order valence-corrected chi connectivity index (χ4v) is 5.61. The maximum absolute atomic E-state index is 10.9. The van der Waals surface area contributed by atoms with Gasteiger partial charge in [0.1, 0.15) is 0 Å². The summed E-state index contributed by atoms with van der Waals surface area (Å²) in [6, 6.07) is 0. The first kappa shape index (κ1) is 42.5. The molecular weight excluding hydrogens is 544 g/mol. The molecule has 4 heteroatoms. The summed E-state index contributed by atoms with van der Waals surface area (Å²) in [6.07, 6.45) is 25.2. The summed E-state index contributed by atoms with van der Waals surface area (Å²) in [6.45, 7) is 22.0. The van der Waals surface area contributed by atoms with E-state index < -0.39 is 22.4 Å². The lowest BCUT2D eigenvalue weighted by atomic mass is 9.85. The molecule has 0 aromatic heterocycles. The van der Waals surface area contributed by atoms with E-state index in [1.54, 1.807) is 13.0 Å². The fourth-order valence-electron chi connectivity index (χ4n) is 5.61. The maximum atomic E-state index is 10.9. The summed E-state index contributed by atoms with van der Waals surface area (Å²) >= 11 is 0. The molecule has 0 saturated heterocycles. The third-order valence-electron chi connectivity index (χ3n) is 9.03. The van der Waals surface area contributed by atoms with Crippen molar-refractivity contribution < 1.29 is 20.4 Å². The van der Waals surface area contributed by atoms with Gasteiger partial charge >= 0.3 is 0 Å². The number of rotatable bonds is 25. The van der Waals surface area contributed by atoms with E-state index in [9.17, 15) is 20.4 Å². The first-order chi connectivity index (χ1) is 20.3. The molecule has 4 unspecified atom stereocenters.